The van der Waals surface area contributed by atoms with Gasteiger partial charge in [0.25, 0.3) is 0 Å². The van der Waals surface area contributed by atoms with Gasteiger partial charge in [-0.15, -0.1) is 0 Å². The van der Waals surface area contributed by atoms with E-state index in [1.165, 1.54) is 12.1 Å². The molecule has 0 bridgehead atoms. The number of hydrogen-bond acceptors (Lipinski definition) is 3. The second-order valence-corrected chi connectivity index (χ2v) is 3.38. The summed E-state index contributed by atoms with van der Waals surface area (Å²) in [7, 11) is 2.10. The first-order valence-electron chi connectivity index (χ1n) is 5.16. The van der Waals surface area contributed by atoms with Crippen LogP contribution in [0.25, 0.3) is 0 Å². The van der Waals surface area contributed by atoms with Gasteiger partial charge in [-0.3, -0.25) is 4.98 Å². The SMILES string of the molecule is CCCNCCN(C)c1ccncc1. The highest BCUT2D eigenvalue weighted by atomic mass is 15.1. The van der Waals surface area contributed by atoms with Crippen molar-refractivity contribution in [2.45, 2.75) is 13.3 Å². The summed E-state index contributed by atoms with van der Waals surface area (Å²) < 4.78 is 0. The summed E-state index contributed by atoms with van der Waals surface area (Å²) in [5.41, 5.74) is 1.22. The first kappa shape index (κ1) is 11.0. The number of likely N-dealkylation sites (N-methyl/N-ethyl adjacent to an activating group) is 1. The Hall–Kier alpha value is -1.09. The number of nitrogens with zero attached hydrogens (tertiary/aromatic N) is 2. The van der Waals surface area contributed by atoms with Crippen molar-refractivity contribution >= 4 is 5.69 Å². The van der Waals surface area contributed by atoms with E-state index in [4.69, 9.17) is 0 Å². The molecule has 0 radical (unpaired) electrons. The van der Waals surface area contributed by atoms with E-state index in [9.17, 15) is 0 Å². The van der Waals surface area contributed by atoms with E-state index in [2.05, 4.69) is 29.2 Å². The van der Waals surface area contributed by atoms with E-state index in [0.717, 1.165) is 19.6 Å². The third-order valence-corrected chi connectivity index (χ3v) is 2.15. The van der Waals surface area contributed by atoms with Gasteiger partial charge in [0.2, 0.25) is 0 Å². The van der Waals surface area contributed by atoms with Gasteiger partial charge in [-0.2, -0.15) is 0 Å². The number of nitrogens with one attached hydrogen (secondary N) is 1. The smallest absolute Gasteiger partial charge is 0.0394 e. The Morgan fingerprint density at radius 3 is 2.64 bits per heavy atom. The third-order valence-electron chi connectivity index (χ3n) is 2.15. The summed E-state index contributed by atoms with van der Waals surface area (Å²) in [4.78, 5) is 6.22. The summed E-state index contributed by atoms with van der Waals surface area (Å²) >= 11 is 0. The van der Waals surface area contributed by atoms with E-state index < -0.39 is 0 Å². The molecule has 14 heavy (non-hydrogen) atoms. The monoisotopic (exact) mass is 193 g/mol. The van der Waals surface area contributed by atoms with E-state index in [1.54, 1.807) is 0 Å². The lowest BCUT2D eigenvalue weighted by molar-refractivity contribution is 0.666. The third kappa shape index (κ3) is 3.75. The van der Waals surface area contributed by atoms with Gasteiger partial charge in [-0.1, -0.05) is 6.92 Å². The molecule has 0 aromatic carbocycles. The number of anilines is 1. The van der Waals surface area contributed by atoms with Gasteiger partial charge in [-0.05, 0) is 25.1 Å². The molecule has 1 aromatic heterocycles. The summed E-state index contributed by atoms with van der Waals surface area (Å²) in [6.45, 7) is 5.35. The van der Waals surface area contributed by atoms with Crippen molar-refractivity contribution in [3.8, 4) is 0 Å². The molecule has 3 heteroatoms. The molecule has 0 saturated heterocycles. The van der Waals surface area contributed by atoms with Crippen LogP contribution in [0.3, 0.4) is 0 Å². The zero-order valence-electron chi connectivity index (χ0n) is 9.03. The second-order valence-electron chi connectivity index (χ2n) is 3.38. The highest BCUT2D eigenvalue weighted by Crippen LogP contribution is 2.08. The predicted molar refractivity (Wildman–Crippen MR) is 60.7 cm³/mol. The highest BCUT2D eigenvalue weighted by molar-refractivity contribution is 5.43. The van der Waals surface area contributed by atoms with Crippen LogP contribution in [-0.4, -0.2) is 31.7 Å². The Labute approximate surface area is 86.2 Å². The molecule has 3 nitrogen and oxygen atoms in total. The van der Waals surface area contributed by atoms with Crippen LogP contribution in [0.4, 0.5) is 5.69 Å². The molecule has 0 unspecified atom stereocenters. The van der Waals surface area contributed by atoms with Crippen molar-refractivity contribution in [2.75, 3.05) is 31.6 Å². The zero-order chi connectivity index (χ0) is 10.2. The van der Waals surface area contributed by atoms with E-state index in [-0.39, 0.29) is 0 Å². The summed E-state index contributed by atoms with van der Waals surface area (Å²) in [6.07, 6.45) is 4.84. The Balaban J connectivity index is 2.25. The maximum Gasteiger partial charge on any atom is 0.0394 e. The van der Waals surface area contributed by atoms with E-state index in [0.29, 0.717) is 0 Å². The lowest BCUT2D eigenvalue weighted by Crippen LogP contribution is -2.29. The Morgan fingerprint density at radius 1 is 1.29 bits per heavy atom. The van der Waals surface area contributed by atoms with Crippen molar-refractivity contribution in [1.29, 1.82) is 0 Å². The maximum atomic E-state index is 4.00. The quantitative estimate of drug-likeness (QED) is 0.694. The van der Waals surface area contributed by atoms with Crippen LogP contribution >= 0.6 is 0 Å². The van der Waals surface area contributed by atoms with Gasteiger partial charge in [0.15, 0.2) is 0 Å². The minimum absolute atomic E-state index is 1.03. The van der Waals surface area contributed by atoms with Crippen molar-refractivity contribution < 1.29 is 0 Å². The van der Waals surface area contributed by atoms with Gasteiger partial charge < -0.3 is 10.2 Å². The fourth-order valence-electron chi connectivity index (χ4n) is 1.28. The molecule has 0 aliphatic rings. The molecule has 0 saturated carbocycles. The molecule has 1 rings (SSSR count). The summed E-state index contributed by atoms with van der Waals surface area (Å²) in [6, 6.07) is 4.06. The van der Waals surface area contributed by atoms with Gasteiger partial charge in [0, 0.05) is 38.2 Å². The topological polar surface area (TPSA) is 28.2 Å². The van der Waals surface area contributed by atoms with Crippen LogP contribution < -0.4 is 10.2 Å². The number of aromatic nitrogens is 1. The first-order valence-corrected chi connectivity index (χ1v) is 5.16. The lowest BCUT2D eigenvalue weighted by Gasteiger charge is -2.18. The largest absolute Gasteiger partial charge is 0.373 e. The van der Waals surface area contributed by atoms with Crippen LogP contribution in [0.2, 0.25) is 0 Å². The average molecular weight is 193 g/mol. The molecule has 1 heterocycles. The minimum Gasteiger partial charge on any atom is -0.373 e. The zero-order valence-corrected chi connectivity index (χ0v) is 9.03. The van der Waals surface area contributed by atoms with Crippen molar-refractivity contribution in [1.82, 2.24) is 10.3 Å². The first-order chi connectivity index (χ1) is 6.84. The van der Waals surface area contributed by atoms with Gasteiger partial charge in [0.1, 0.15) is 0 Å². The molecule has 0 aliphatic heterocycles. The van der Waals surface area contributed by atoms with Crippen LogP contribution in [-0.2, 0) is 0 Å². The Morgan fingerprint density at radius 2 is 2.00 bits per heavy atom. The molecular formula is C11H19N3. The normalized spacial score (nSPS) is 10.1. The average Bonchev–Trinajstić information content (AvgIpc) is 2.25. The second kappa shape index (κ2) is 6.38. The molecular weight excluding hydrogens is 174 g/mol. The van der Waals surface area contributed by atoms with E-state index in [1.807, 2.05) is 24.5 Å². The van der Waals surface area contributed by atoms with Crippen LogP contribution in [0.15, 0.2) is 24.5 Å². The maximum absolute atomic E-state index is 4.00. The molecule has 0 fully saturated rings. The molecule has 1 N–H and O–H groups in total. The summed E-state index contributed by atoms with van der Waals surface area (Å²) in [5.74, 6) is 0. The van der Waals surface area contributed by atoms with Crippen molar-refractivity contribution in [3.05, 3.63) is 24.5 Å². The molecule has 0 amide bonds. The van der Waals surface area contributed by atoms with Crippen LogP contribution in [0.1, 0.15) is 13.3 Å². The van der Waals surface area contributed by atoms with Gasteiger partial charge >= 0.3 is 0 Å². The fourth-order valence-corrected chi connectivity index (χ4v) is 1.28. The van der Waals surface area contributed by atoms with Gasteiger partial charge in [-0.25, -0.2) is 0 Å². The number of rotatable bonds is 6. The van der Waals surface area contributed by atoms with Crippen molar-refractivity contribution in [3.63, 3.8) is 0 Å². The molecule has 0 aliphatic carbocycles. The molecule has 1 aromatic rings. The standard InChI is InChI=1S/C11H19N3/c1-3-6-12-9-10-14(2)11-4-7-13-8-5-11/h4-5,7-8,12H,3,6,9-10H2,1-2H3. The fraction of sp³-hybridized carbons (Fsp3) is 0.545. The summed E-state index contributed by atoms with van der Waals surface area (Å²) in [5, 5.41) is 3.38. The van der Waals surface area contributed by atoms with Gasteiger partial charge in [0.05, 0.1) is 0 Å². The Kier molecular flexibility index (Phi) is 5.00. The van der Waals surface area contributed by atoms with Crippen LogP contribution in [0, 0.1) is 0 Å². The number of pyridine rings is 1. The number of hydrogen-bond donors (Lipinski definition) is 1. The minimum atomic E-state index is 1.03. The molecule has 78 valence electrons. The molecule has 0 spiro atoms. The lowest BCUT2D eigenvalue weighted by atomic mass is 10.3. The van der Waals surface area contributed by atoms with Crippen molar-refractivity contribution in [2.24, 2.45) is 0 Å². The van der Waals surface area contributed by atoms with Crippen LogP contribution in [0.5, 0.6) is 0 Å². The highest BCUT2D eigenvalue weighted by Gasteiger charge is 1.97. The Bertz CT molecular complexity index is 236. The predicted octanol–water partition coefficient (Wildman–Crippen LogP) is 1.52. The molecule has 0 atom stereocenters. The van der Waals surface area contributed by atoms with E-state index >= 15 is 0 Å².